The molecular weight excluding hydrogens is 377 g/mol. The van der Waals surface area contributed by atoms with Gasteiger partial charge in [-0.15, -0.1) is 5.10 Å². The van der Waals surface area contributed by atoms with Gasteiger partial charge in [0, 0.05) is 22.1 Å². The summed E-state index contributed by atoms with van der Waals surface area (Å²) in [6, 6.07) is 7.53. The summed E-state index contributed by atoms with van der Waals surface area (Å²) in [5.74, 6) is 0.560. The van der Waals surface area contributed by atoms with Crippen LogP contribution in [0.3, 0.4) is 0 Å². The van der Waals surface area contributed by atoms with Crippen molar-refractivity contribution in [3.8, 4) is 5.82 Å². The number of hydrogen-bond acceptors (Lipinski definition) is 5. The smallest absolute Gasteiger partial charge is 0.220 e. The summed E-state index contributed by atoms with van der Waals surface area (Å²) in [6.45, 7) is 0. The molecule has 2 aromatic heterocycles. The average molecular weight is 385 g/mol. The lowest BCUT2D eigenvalue weighted by Crippen LogP contribution is -2.04. The molecule has 0 aliphatic carbocycles. The zero-order valence-electron chi connectivity index (χ0n) is 9.82. The summed E-state index contributed by atoms with van der Waals surface area (Å²) in [4.78, 5) is 8.21. The molecular formula is C11H8IN5OS. The largest absolute Gasteiger partial charge is 0.251 e. The number of fused-ring (bicyclic) bond motifs is 1. The van der Waals surface area contributed by atoms with E-state index in [0.717, 1.165) is 14.6 Å². The molecule has 1 unspecified atom stereocenters. The number of aromatic nitrogens is 5. The van der Waals surface area contributed by atoms with Crippen LogP contribution in [0.25, 0.3) is 16.9 Å². The molecule has 1 atom stereocenters. The molecule has 0 radical (unpaired) electrons. The topological polar surface area (TPSA) is 73.6 Å². The quantitative estimate of drug-likeness (QED) is 0.495. The molecule has 3 aromatic rings. The van der Waals surface area contributed by atoms with Crippen LogP contribution in [0.4, 0.5) is 0 Å². The number of benzene rings is 1. The van der Waals surface area contributed by atoms with Crippen LogP contribution in [0.15, 0.2) is 35.6 Å². The number of rotatable bonds is 2. The molecule has 6 nitrogen and oxygen atoms in total. The van der Waals surface area contributed by atoms with E-state index in [4.69, 9.17) is 0 Å². The van der Waals surface area contributed by atoms with Gasteiger partial charge in [0.25, 0.3) is 0 Å². The minimum Gasteiger partial charge on any atom is -0.251 e. The summed E-state index contributed by atoms with van der Waals surface area (Å²) in [5, 5.41) is 8.52. The van der Waals surface area contributed by atoms with Gasteiger partial charge in [-0.2, -0.15) is 4.68 Å². The molecule has 19 heavy (non-hydrogen) atoms. The lowest BCUT2D eigenvalue weighted by atomic mass is 10.3. The van der Waals surface area contributed by atoms with Crippen LogP contribution in [-0.4, -0.2) is 35.4 Å². The minimum absolute atomic E-state index is 0.284. The number of halogens is 1. The molecule has 0 fully saturated rings. The molecule has 1 aromatic carbocycles. The van der Waals surface area contributed by atoms with Gasteiger partial charge in [-0.25, -0.2) is 9.97 Å². The average Bonchev–Trinajstić information content (AvgIpc) is 2.84. The van der Waals surface area contributed by atoms with Crippen molar-refractivity contribution in [1.29, 1.82) is 0 Å². The third kappa shape index (κ3) is 2.25. The van der Waals surface area contributed by atoms with Crippen molar-refractivity contribution in [2.24, 2.45) is 0 Å². The van der Waals surface area contributed by atoms with Crippen LogP contribution in [0.1, 0.15) is 0 Å². The Bertz CT molecular complexity index is 788. The van der Waals surface area contributed by atoms with Gasteiger partial charge in [-0.3, -0.25) is 4.21 Å². The molecule has 0 aliphatic heterocycles. The van der Waals surface area contributed by atoms with Crippen LogP contribution in [0, 0.1) is 3.57 Å². The zero-order chi connectivity index (χ0) is 13.4. The Hall–Kier alpha value is -1.42. The molecule has 2 heterocycles. The Kier molecular flexibility index (Phi) is 3.27. The summed E-state index contributed by atoms with van der Waals surface area (Å²) in [6.07, 6.45) is 3.11. The maximum atomic E-state index is 11.4. The van der Waals surface area contributed by atoms with E-state index in [-0.39, 0.29) is 5.16 Å². The Morgan fingerprint density at radius 2 is 2.16 bits per heavy atom. The Balaban J connectivity index is 2.22. The van der Waals surface area contributed by atoms with Crippen LogP contribution in [0.2, 0.25) is 0 Å². The summed E-state index contributed by atoms with van der Waals surface area (Å²) in [7, 11) is -1.22. The van der Waals surface area contributed by atoms with Crippen LogP contribution in [-0.2, 0) is 10.8 Å². The zero-order valence-corrected chi connectivity index (χ0v) is 12.8. The lowest BCUT2D eigenvalue weighted by Gasteiger charge is -2.02. The fourth-order valence-electron chi connectivity index (χ4n) is 1.67. The molecule has 8 heteroatoms. The van der Waals surface area contributed by atoms with Gasteiger partial charge in [-0.1, -0.05) is 11.3 Å². The fourth-order valence-corrected chi connectivity index (χ4v) is 2.69. The van der Waals surface area contributed by atoms with E-state index in [0.29, 0.717) is 5.82 Å². The van der Waals surface area contributed by atoms with E-state index in [1.165, 1.54) is 0 Å². The van der Waals surface area contributed by atoms with Gasteiger partial charge < -0.3 is 0 Å². The highest BCUT2D eigenvalue weighted by molar-refractivity contribution is 14.1. The van der Waals surface area contributed by atoms with Crippen LogP contribution in [0.5, 0.6) is 0 Å². The first kappa shape index (κ1) is 12.6. The Morgan fingerprint density at radius 3 is 2.95 bits per heavy atom. The summed E-state index contributed by atoms with van der Waals surface area (Å²) >= 11 is 2.21. The van der Waals surface area contributed by atoms with E-state index in [1.54, 1.807) is 23.2 Å². The fraction of sp³-hybridized carbons (Fsp3) is 0.0909. The molecule has 0 N–H and O–H groups in total. The Morgan fingerprint density at radius 1 is 1.32 bits per heavy atom. The predicted octanol–water partition coefficient (Wildman–Crippen LogP) is 1.55. The number of hydrogen-bond donors (Lipinski definition) is 0. The Labute approximate surface area is 124 Å². The highest BCUT2D eigenvalue weighted by atomic mass is 127. The van der Waals surface area contributed by atoms with Gasteiger partial charge in [0.2, 0.25) is 5.16 Å². The maximum Gasteiger partial charge on any atom is 0.220 e. The van der Waals surface area contributed by atoms with Crippen molar-refractivity contribution in [2.75, 3.05) is 6.26 Å². The molecule has 0 amide bonds. The van der Waals surface area contributed by atoms with Crippen molar-refractivity contribution in [2.45, 2.75) is 5.16 Å². The maximum absolute atomic E-state index is 11.4. The van der Waals surface area contributed by atoms with Crippen molar-refractivity contribution < 1.29 is 4.21 Å². The van der Waals surface area contributed by atoms with Gasteiger partial charge in [0.15, 0.2) is 5.82 Å². The number of nitrogens with zero attached hydrogens (tertiary/aromatic N) is 5. The molecule has 96 valence electrons. The normalized spacial score (nSPS) is 12.7. The van der Waals surface area contributed by atoms with Crippen LogP contribution < -0.4 is 0 Å². The molecule has 0 saturated heterocycles. The summed E-state index contributed by atoms with van der Waals surface area (Å²) in [5.41, 5.74) is 1.68. The highest BCUT2D eigenvalue weighted by Crippen LogP contribution is 2.19. The SMILES string of the molecule is CS(=O)c1nccc(-n2nnc3c(I)cccc32)n1. The van der Waals surface area contributed by atoms with E-state index in [2.05, 4.69) is 42.9 Å². The molecule has 0 spiro atoms. The lowest BCUT2D eigenvalue weighted by molar-refractivity contribution is 0.677. The molecule has 3 rings (SSSR count). The standard InChI is InChI=1S/C11H8IN5OS/c1-19(18)11-13-6-5-9(14-11)17-8-4-2-3-7(12)10(8)15-16-17/h2-6H,1H3. The van der Waals surface area contributed by atoms with Gasteiger partial charge >= 0.3 is 0 Å². The van der Waals surface area contributed by atoms with E-state index < -0.39 is 10.8 Å². The van der Waals surface area contributed by atoms with E-state index in [1.807, 2.05) is 18.2 Å². The molecule has 0 aliphatic rings. The molecule has 0 saturated carbocycles. The predicted molar refractivity (Wildman–Crippen MR) is 79.5 cm³/mol. The van der Waals surface area contributed by atoms with E-state index >= 15 is 0 Å². The minimum atomic E-state index is -1.22. The first-order valence-corrected chi connectivity index (χ1v) is 7.97. The van der Waals surface area contributed by atoms with Crippen molar-refractivity contribution >= 4 is 44.4 Å². The monoisotopic (exact) mass is 385 g/mol. The second-order valence-corrected chi connectivity index (χ2v) is 6.20. The van der Waals surface area contributed by atoms with Gasteiger partial charge in [0.05, 0.1) is 16.3 Å². The van der Waals surface area contributed by atoms with Gasteiger partial charge in [0.1, 0.15) is 5.52 Å². The van der Waals surface area contributed by atoms with E-state index in [9.17, 15) is 4.21 Å². The first-order valence-electron chi connectivity index (χ1n) is 5.33. The highest BCUT2D eigenvalue weighted by Gasteiger charge is 2.11. The van der Waals surface area contributed by atoms with Gasteiger partial charge in [-0.05, 0) is 34.7 Å². The van der Waals surface area contributed by atoms with Crippen molar-refractivity contribution in [3.63, 3.8) is 0 Å². The van der Waals surface area contributed by atoms with Crippen molar-refractivity contribution in [3.05, 3.63) is 34.0 Å². The second-order valence-electron chi connectivity index (χ2n) is 3.76. The van der Waals surface area contributed by atoms with Crippen LogP contribution >= 0.6 is 22.6 Å². The summed E-state index contributed by atoms with van der Waals surface area (Å²) < 4.78 is 14.1. The molecule has 0 bridgehead atoms. The third-order valence-electron chi connectivity index (χ3n) is 2.52. The second kappa shape index (κ2) is 4.93. The first-order chi connectivity index (χ1) is 9.16. The van der Waals surface area contributed by atoms with Crippen molar-refractivity contribution in [1.82, 2.24) is 25.0 Å². The third-order valence-corrected chi connectivity index (χ3v) is 4.10.